The fraction of sp³-hybridized carbons (Fsp3) is 0.133. The summed E-state index contributed by atoms with van der Waals surface area (Å²) in [4.78, 5) is 8.04. The van der Waals surface area contributed by atoms with Crippen LogP contribution < -0.4 is 10.6 Å². The highest BCUT2D eigenvalue weighted by atomic mass is 35.5. The molecule has 2 rings (SSSR count). The van der Waals surface area contributed by atoms with E-state index in [-0.39, 0.29) is 11.1 Å². The number of nitrogens with one attached hydrogen (secondary N) is 3. The third-order valence-electron chi connectivity index (χ3n) is 2.88. The molecular formula is C15H14Cl3N5. The van der Waals surface area contributed by atoms with Gasteiger partial charge in [0.05, 0.1) is 21.3 Å². The molecule has 0 saturated carbocycles. The second kappa shape index (κ2) is 8.15. The predicted molar refractivity (Wildman–Crippen MR) is 97.3 cm³/mol. The van der Waals surface area contributed by atoms with E-state index < -0.39 is 0 Å². The van der Waals surface area contributed by atoms with E-state index in [0.717, 1.165) is 6.42 Å². The van der Waals surface area contributed by atoms with Crippen LogP contribution in [0.15, 0.2) is 37.1 Å². The average Bonchev–Trinajstić information content (AvgIpc) is 2.51. The van der Waals surface area contributed by atoms with Crippen LogP contribution in [0.5, 0.6) is 0 Å². The monoisotopic (exact) mass is 369 g/mol. The van der Waals surface area contributed by atoms with Crippen LogP contribution in [-0.4, -0.2) is 22.3 Å². The van der Waals surface area contributed by atoms with Gasteiger partial charge >= 0.3 is 0 Å². The highest BCUT2D eigenvalue weighted by Gasteiger charge is 2.14. The van der Waals surface area contributed by atoms with Gasteiger partial charge in [0.1, 0.15) is 11.7 Å². The summed E-state index contributed by atoms with van der Waals surface area (Å²) in [6.45, 7) is 4.27. The van der Waals surface area contributed by atoms with Crippen molar-refractivity contribution in [1.29, 1.82) is 5.41 Å². The van der Waals surface area contributed by atoms with E-state index in [9.17, 15) is 0 Å². The molecule has 0 bridgehead atoms. The van der Waals surface area contributed by atoms with Gasteiger partial charge in [-0.3, -0.25) is 5.41 Å². The fourth-order valence-corrected chi connectivity index (χ4v) is 2.41. The molecule has 0 aliphatic carbocycles. The summed E-state index contributed by atoms with van der Waals surface area (Å²) in [6.07, 6.45) is 3.99. The summed E-state index contributed by atoms with van der Waals surface area (Å²) < 4.78 is 0. The summed E-state index contributed by atoms with van der Waals surface area (Å²) in [5.41, 5.74) is 0.905. The molecule has 3 N–H and O–H groups in total. The number of amidine groups is 1. The Hall–Kier alpha value is -1.82. The van der Waals surface area contributed by atoms with E-state index in [0.29, 0.717) is 33.7 Å². The SMILES string of the molecule is C=CCCNc1nc(Cl)ncc1C(=N)Nc1c(Cl)cccc1Cl. The first-order chi connectivity index (χ1) is 11.0. The molecule has 0 spiro atoms. The van der Waals surface area contributed by atoms with Crippen molar-refractivity contribution < 1.29 is 0 Å². The number of hydrogen-bond acceptors (Lipinski definition) is 4. The Kier molecular flexibility index (Phi) is 6.21. The van der Waals surface area contributed by atoms with Gasteiger partial charge in [0.2, 0.25) is 5.28 Å². The van der Waals surface area contributed by atoms with Crippen LogP contribution in [0, 0.1) is 5.41 Å². The smallest absolute Gasteiger partial charge is 0.224 e. The number of anilines is 2. The van der Waals surface area contributed by atoms with E-state index in [1.54, 1.807) is 24.3 Å². The molecular weight excluding hydrogens is 357 g/mol. The Morgan fingerprint density at radius 2 is 1.96 bits per heavy atom. The topological polar surface area (TPSA) is 73.7 Å². The maximum absolute atomic E-state index is 8.24. The van der Waals surface area contributed by atoms with Crippen molar-refractivity contribution in [2.45, 2.75) is 6.42 Å². The highest BCUT2D eigenvalue weighted by Crippen LogP contribution is 2.30. The molecule has 5 nitrogen and oxygen atoms in total. The zero-order chi connectivity index (χ0) is 16.8. The minimum absolute atomic E-state index is 0.0535. The van der Waals surface area contributed by atoms with Gasteiger partial charge in [-0.15, -0.1) is 6.58 Å². The van der Waals surface area contributed by atoms with Crippen molar-refractivity contribution in [2.24, 2.45) is 0 Å². The van der Waals surface area contributed by atoms with Gasteiger partial charge < -0.3 is 10.6 Å². The van der Waals surface area contributed by atoms with Gasteiger partial charge in [-0.2, -0.15) is 0 Å². The molecule has 0 unspecified atom stereocenters. The first kappa shape index (κ1) is 17.5. The standard InChI is InChI=1S/C15H14Cl3N5/c1-2-3-7-20-14-9(8-21-15(18)23-14)13(19)22-12-10(16)5-4-6-11(12)17/h2,4-6,8H,1,3,7H2,(H2,19,22)(H,20,21,23). The lowest BCUT2D eigenvalue weighted by Crippen LogP contribution is -2.17. The molecule has 1 aromatic heterocycles. The van der Waals surface area contributed by atoms with E-state index >= 15 is 0 Å². The molecule has 2 aromatic rings. The number of hydrogen-bond donors (Lipinski definition) is 3. The molecule has 23 heavy (non-hydrogen) atoms. The van der Waals surface area contributed by atoms with Crippen molar-refractivity contribution in [3.8, 4) is 0 Å². The average molecular weight is 371 g/mol. The van der Waals surface area contributed by atoms with E-state index in [1.165, 1.54) is 6.20 Å². The second-order valence-electron chi connectivity index (χ2n) is 4.50. The molecule has 0 atom stereocenters. The minimum atomic E-state index is 0.0535. The molecule has 120 valence electrons. The fourth-order valence-electron chi connectivity index (χ4n) is 1.78. The van der Waals surface area contributed by atoms with Crippen LogP contribution in [0.4, 0.5) is 11.5 Å². The molecule has 0 aliphatic rings. The largest absolute Gasteiger partial charge is 0.369 e. The molecule has 1 aromatic carbocycles. The molecule has 0 radical (unpaired) electrons. The minimum Gasteiger partial charge on any atom is -0.369 e. The Morgan fingerprint density at radius 1 is 1.26 bits per heavy atom. The lowest BCUT2D eigenvalue weighted by atomic mass is 10.2. The third kappa shape index (κ3) is 4.58. The van der Waals surface area contributed by atoms with Crippen LogP contribution in [0.3, 0.4) is 0 Å². The van der Waals surface area contributed by atoms with Gasteiger partial charge in [0, 0.05) is 12.7 Å². The van der Waals surface area contributed by atoms with E-state index in [4.69, 9.17) is 40.2 Å². The molecule has 1 heterocycles. The maximum Gasteiger partial charge on any atom is 0.224 e. The number of aromatic nitrogens is 2. The van der Waals surface area contributed by atoms with Gasteiger partial charge in [0.15, 0.2) is 0 Å². The van der Waals surface area contributed by atoms with Crippen LogP contribution in [0.2, 0.25) is 15.3 Å². The van der Waals surface area contributed by atoms with Crippen molar-refractivity contribution in [2.75, 3.05) is 17.2 Å². The van der Waals surface area contributed by atoms with Crippen molar-refractivity contribution in [3.63, 3.8) is 0 Å². The molecule has 8 heteroatoms. The summed E-state index contributed by atoms with van der Waals surface area (Å²) in [6, 6.07) is 5.10. The first-order valence-corrected chi connectivity index (χ1v) is 7.83. The summed E-state index contributed by atoms with van der Waals surface area (Å²) >= 11 is 18.0. The van der Waals surface area contributed by atoms with Crippen LogP contribution in [0.1, 0.15) is 12.0 Å². The number of para-hydroxylation sites is 1. The molecule has 0 saturated heterocycles. The Bertz CT molecular complexity index is 713. The normalized spacial score (nSPS) is 10.2. The van der Waals surface area contributed by atoms with E-state index in [1.807, 2.05) is 0 Å². The first-order valence-electron chi connectivity index (χ1n) is 6.70. The second-order valence-corrected chi connectivity index (χ2v) is 5.65. The van der Waals surface area contributed by atoms with Crippen LogP contribution in [-0.2, 0) is 0 Å². The molecule has 0 aliphatic heterocycles. The zero-order valence-electron chi connectivity index (χ0n) is 12.0. The lowest BCUT2D eigenvalue weighted by molar-refractivity contribution is 1.03. The third-order valence-corrected chi connectivity index (χ3v) is 3.69. The molecule has 0 amide bonds. The van der Waals surface area contributed by atoms with Gasteiger partial charge in [-0.05, 0) is 30.2 Å². The van der Waals surface area contributed by atoms with Crippen molar-refractivity contribution in [1.82, 2.24) is 9.97 Å². The van der Waals surface area contributed by atoms with Gasteiger partial charge in [-0.1, -0.05) is 35.3 Å². The Balaban J connectivity index is 2.26. The number of nitrogens with zero attached hydrogens (tertiary/aromatic N) is 2. The lowest BCUT2D eigenvalue weighted by Gasteiger charge is -2.14. The van der Waals surface area contributed by atoms with E-state index in [2.05, 4.69) is 27.2 Å². The zero-order valence-corrected chi connectivity index (χ0v) is 14.3. The van der Waals surface area contributed by atoms with Crippen LogP contribution >= 0.6 is 34.8 Å². The summed E-state index contributed by atoms with van der Waals surface area (Å²) in [5.74, 6) is 0.505. The molecule has 0 fully saturated rings. The summed E-state index contributed by atoms with van der Waals surface area (Å²) in [5, 5.41) is 15.1. The van der Waals surface area contributed by atoms with Crippen molar-refractivity contribution >= 4 is 52.1 Å². The quantitative estimate of drug-likeness (QED) is 0.223. The predicted octanol–water partition coefficient (Wildman–Crippen LogP) is 4.86. The van der Waals surface area contributed by atoms with Gasteiger partial charge in [-0.25, -0.2) is 9.97 Å². The number of benzene rings is 1. The maximum atomic E-state index is 8.24. The van der Waals surface area contributed by atoms with Crippen LogP contribution in [0.25, 0.3) is 0 Å². The number of rotatable bonds is 6. The Morgan fingerprint density at radius 3 is 2.61 bits per heavy atom. The number of halogens is 3. The van der Waals surface area contributed by atoms with Gasteiger partial charge in [0.25, 0.3) is 0 Å². The van der Waals surface area contributed by atoms with Crippen molar-refractivity contribution in [3.05, 3.63) is 57.9 Å². The highest BCUT2D eigenvalue weighted by molar-refractivity contribution is 6.40. The Labute approximate surface area is 149 Å². The summed E-state index contributed by atoms with van der Waals surface area (Å²) in [7, 11) is 0.